The first-order chi connectivity index (χ1) is 6.75. The normalized spacial score (nSPS) is 11.6. The number of benzene rings is 1. The summed E-state index contributed by atoms with van der Waals surface area (Å²) in [6.07, 6.45) is 0.832. The molecule has 1 unspecified atom stereocenters. The Morgan fingerprint density at radius 2 is 2.14 bits per heavy atom. The van der Waals surface area contributed by atoms with Gasteiger partial charge in [-0.15, -0.1) is 11.8 Å². The smallest absolute Gasteiger partial charge is 0.0819 e. The number of para-hydroxylation sites is 1. The Morgan fingerprint density at radius 1 is 1.43 bits per heavy atom. The van der Waals surface area contributed by atoms with Crippen LogP contribution >= 0.6 is 0 Å². The Hall–Kier alpha value is -1.46. The second-order valence-corrected chi connectivity index (χ2v) is 3.11. The van der Waals surface area contributed by atoms with E-state index in [1.54, 1.807) is 13.0 Å². The van der Waals surface area contributed by atoms with Crippen LogP contribution in [0.1, 0.15) is 31.4 Å². The fourth-order valence-corrected chi connectivity index (χ4v) is 1.30. The average molecular weight is 189 g/mol. The third-order valence-electron chi connectivity index (χ3n) is 2.07. The Labute approximate surface area is 84.8 Å². The molecule has 1 rings (SSSR count). The van der Waals surface area contributed by atoms with Gasteiger partial charge in [0.2, 0.25) is 0 Å². The second kappa shape index (κ2) is 5.31. The summed E-state index contributed by atoms with van der Waals surface area (Å²) in [4.78, 5) is 0. The van der Waals surface area contributed by atoms with Gasteiger partial charge < -0.3 is 10.8 Å². The van der Waals surface area contributed by atoms with Gasteiger partial charge in [0.05, 0.1) is 6.10 Å². The van der Waals surface area contributed by atoms with Crippen LogP contribution < -0.4 is 5.73 Å². The molecule has 0 aromatic heterocycles. The number of aliphatic hydroxyl groups is 1. The predicted octanol–water partition coefficient (Wildman–Crippen LogP) is 2.11. The van der Waals surface area contributed by atoms with Crippen LogP contribution in [-0.2, 0) is 0 Å². The first-order valence-corrected chi connectivity index (χ1v) is 4.67. The van der Waals surface area contributed by atoms with Crippen molar-refractivity contribution in [1.29, 1.82) is 0 Å². The summed E-state index contributed by atoms with van der Waals surface area (Å²) in [7, 11) is 0. The van der Waals surface area contributed by atoms with Crippen molar-refractivity contribution in [3.63, 3.8) is 0 Å². The fraction of sp³-hybridized carbons (Fsp3) is 0.333. The molecule has 1 aromatic rings. The van der Waals surface area contributed by atoms with Gasteiger partial charge in [0.1, 0.15) is 0 Å². The number of nitrogens with two attached hydrogens (primary N) is 1. The van der Waals surface area contributed by atoms with Crippen molar-refractivity contribution in [2.24, 2.45) is 0 Å². The minimum atomic E-state index is -0.503. The van der Waals surface area contributed by atoms with Gasteiger partial charge in [-0.3, -0.25) is 0 Å². The summed E-state index contributed by atoms with van der Waals surface area (Å²) >= 11 is 0. The van der Waals surface area contributed by atoms with E-state index in [0.717, 1.165) is 5.56 Å². The third kappa shape index (κ3) is 2.79. The first kappa shape index (κ1) is 10.6. The Morgan fingerprint density at radius 3 is 2.79 bits per heavy atom. The van der Waals surface area contributed by atoms with Crippen LogP contribution in [0.2, 0.25) is 0 Å². The van der Waals surface area contributed by atoms with Crippen molar-refractivity contribution in [2.45, 2.75) is 25.9 Å². The molecule has 0 amide bonds. The van der Waals surface area contributed by atoms with Crippen molar-refractivity contribution in [2.75, 3.05) is 5.73 Å². The molecule has 2 nitrogen and oxygen atoms in total. The molecule has 0 saturated carbocycles. The Bertz CT molecular complexity index is 349. The third-order valence-corrected chi connectivity index (χ3v) is 2.07. The molecule has 0 aliphatic carbocycles. The van der Waals surface area contributed by atoms with Gasteiger partial charge in [-0.2, -0.15) is 0 Å². The van der Waals surface area contributed by atoms with E-state index in [2.05, 4.69) is 11.8 Å². The van der Waals surface area contributed by atoms with E-state index in [1.165, 1.54) is 0 Å². The molecular formula is C12H15NO. The van der Waals surface area contributed by atoms with Gasteiger partial charge in [0.15, 0.2) is 0 Å². The molecule has 0 saturated heterocycles. The summed E-state index contributed by atoms with van der Waals surface area (Å²) in [5.74, 6) is 5.71. The highest BCUT2D eigenvalue weighted by Crippen LogP contribution is 2.23. The van der Waals surface area contributed by atoms with E-state index >= 15 is 0 Å². The van der Waals surface area contributed by atoms with Gasteiger partial charge >= 0.3 is 0 Å². The zero-order chi connectivity index (χ0) is 10.4. The number of hydrogen-bond acceptors (Lipinski definition) is 2. The minimum absolute atomic E-state index is 0.503. The summed E-state index contributed by atoms with van der Waals surface area (Å²) in [6.45, 7) is 1.79. The van der Waals surface area contributed by atoms with Crippen LogP contribution in [-0.4, -0.2) is 5.11 Å². The molecule has 1 aromatic carbocycles. The van der Waals surface area contributed by atoms with Crippen molar-refractivity contribution in [1.82, 2.24) is 0 Å². The van der Waals surface area contributed by atoms with E-state index in [1.807, 2.05) is 18.2 Å². The highest BCUT2D eigenvalue weighted by atomic mass is 16.3. The van der Waals surface area contributed by atoms with Crippen molar-refractivity contribution in [3.05, 3.63) is 29.8 Å². The van der Waals surface area contributed by atoms with Crippen LogP contribution in [0.15, 0.2) is 24.3 Å². The lowest BCUT2D eigenvalue weighted by Crippen LogP contribution is -2.01. The van der Waals surface area contributed by atoms with Crippen molar-refractivity contribution < 1.29 is 5.11 Å². The van der Waals surface area contributed by atoms with Crippen LogP contribution in [0.25, 0.3) is 0 Å². The van der Waals surface area contributed by atoms with Gasteiger partial charge in [0, 0.05) is 17.7 Å². The number of hydrogen-bond donors (Lipinski definition) is 2. The van der Waals surface area contributed by atoms with E-state index in [0.29, 0.717) is 18.5 Å². The summed E-state index contributed by atoms with van der Waals surface area (Å²) in [5, 5.41) is 9.78. The zero-order valence-electron chi connectivity index (χ0n) is 8.33. The first-order valence-electron chi connectivity index (χ1n) is 4.67. The summed E-state index contributed by atoms with van der Waals surface area (Å²) in [5.41, 5.74) is 7.17. The van der Waals surface area contributed by atoms with E-state index in [9.17, 15) is 5.11 Å². The topological polar surface area (TPSA) is 46.2 Å². The second-order valence-electron chi connectivity index (χ2n) is 3.11. The summed E-state index contributed by atoms with van der Waals surface area (Å²) in [6, 6.07) is 7.38. The van der Waals surface area contributed by atoms with E-state index in [-0.39, 0.29) is 0 Å². The number of nitrogen functional groups attached to an aromatic ring is 1. The predicted molar refractivity (Wildman–Crippen MR) is 58.5 cm³/mol. The minimum Gasteiger partial charge on any atom is -0.398 e. The van der Waals surface area contributed by atoms with Gasteiger partial charge in [-0.1, -0.05) is 18.2 Å². The van der Waals surface area contributed by atoms with Crippen molar-refractivity contribution >= 4 is 5.69 Å². The van der Waals surface area contributed by atoms with Crippen LogP contribution in [0.5, 0.6) is 0 Å². The lowest BCUT2D eigenvalue weighted by molar-refractivity contribution is 0.170. The molecule has 1 atom stereocenters. The number of rotatable bonds is 3. The van der Waals surface area contributed by atoms with Gasteiger partial charge in [0.25, 0.3) is 0 Å². The fourth-order valence-electron chi connectivity index (χ4n) is 1.30. The maximum atomic E-state index is 9.78. The van der Waals surface area contributed by atoms with Crippen LogP contribution in [0, 0.1) is 11.8 Å². The highest BCUT2D eigenvalue weighted by molar-refractivity contribution is 5.47. The molecule has 0 fully saturated rings. The quantitative estimate of drug-likeness (QED) is 0.565. The molecule has 2 heteroatoms. The molecule has 0 heterocycles. The molecule has 3 N–H and O–H groups in total. The lowest BCUT2D eigenvalue weighted by atomic mass is 10.0. The zero-order valence-corrected chi connectivity index (χ0v) is 8.33. The monoisotopic (exact) mass is 189 g/mol. The number of aliphatic hydroxyl groups excluding tert-OH is 1. The van der Waals surface area contributed by atoms with E-state index in [4.69, 9.17) is 5.73 Å². The maximum absolute atomic E-state index is 9.78. The maximum Gasteiger partial charge on any atom is 0.0819 e. The average Bonchev–Trinajstić information content (AvgIpc) is 2.18. The van der Waals surface area contributed by atoms with E-state index < -0.39 is 6.10 Å². The highest BCUT2D eigenvalue weighted by Gasteiger charge is 2.08. The van der Waals surface area contributed by atoms with Gasteiger partial charge in [-0.25, -0.2) is 0 Å². The van der Waals surface area contributed by atoms with Crippen LogP contribution in [0.3, 0.4) is 0 Å². The summed E-state index contributed by atoms with van der Waals surface area (Å²) < 4.78 is 0. The van der Waals surface area contributed by atoms with Crippen LogP contribution in [0.4, 0.5) is 5.69 Å². The molecule has 0 radical (unpaired) electrons. The van der Waals surface area contributed by atoms with Crippen molar-refractivity contribution in [3.8, 4) is 11.8 Å². The molecule has 0 bridgehead atoms. The molecule has 74 valence electrons. The Balaban J connectivity index is 2.63. The standard InChI is InChI=1S/C12H15NO/c1-2-3-4-9-12(14)10-7-5-6-8-11(10)13/h5-8,12,14H,4,9,13H2,1H3. The molecule has 14 heavy (non-hydrogen) atoms. The molecule has 0 spiro atoms. The lowest BCUT2D eigenvalue weighted by Gasteiger charge is -2.11. The molecule has 0 aliphatic rings. The number of anilines is 1. The Kier molecular flexibility index (Phi) is 4.03. The largest absolute Gasteiger partial charge is 0.398 e. The SMILES string of the molecule is CC#CCCC(O)c1ccccc1N. The molecular weight excluding hydrogens is 174 g/mol. The molecule has 0 aliphatic heterocycles. The van der Waals surface area contributed by atoms with Gasteiger partial charge in [-0.05, 0) is 19.4 Å².